The third kappa shape index (κ3) is 4.11. The maximum Gasteiger partial charge on any atom is 0.273 e. The Morgan fingerprint density at radius 3 is 2.81 bits per heavy atom. The van der Waals surface area contributed by atoms with Crippen LogP contribution in [-0.4, -0.2) is 22.4 Å². The zero-order valence-corrected chi connectivity index (χ0v) is 16.3. The van der Waals surface area contributed by atoms with Gasteiger partial charge in [0.25, 0.3) is 5.91 Å². The van der Waals surface area contributed by atoms with Crippen molar-refractivity contribution in [2.75, 3.05) is 6.54 Å². The van der Waals surface area contributed by atoms with Crippen LogP contribution in [0.5, 0.6) is 0 Å². The molecule has 0 spiro atoms. The highest BCUT2D eigenvalue weighted by molar-refractivity contribution is 7.11. The van der Waals surface area contributed by atoms with Gasteiger partial charge in [-0.25, -0.2) is 9.97 Å². The number of aromatic nitrogens is 2. The Balaban J connectivity index is 1.31. The molecule has 0 saturated carbocycles. The lowest BCUT2D eigenvalue weighted by atomic mass is 10.0. The van der Waals surface area contributed by atoms with Crippen LogP contribution in [-0.2, 0) is 19.3 Å². The van der Waals surface area contributed by atoms with E-state index in [4.69, 9.17) is 9.40 Å². The largest absolute Gasteiger partial charge is 0.441 e. The van der Waals surface area contributed by atoms with Gasteiger partial charge in [0.1, 0.15) is 5.76 Å². The molecule has 0 radical (unpaired) electrons. The van der Waals surface area contributed by atoms with Gasteiger partial charge in [0.05, 0.1) is 10.7 Å². The summed E-state index contributed by atoms with van der Waals surface area (Å²) in [6, 6.07) is 9.61. The number of rotatable bonds is 6. The van der Waals surface area contributed by atoms with Crippen LogP contribution in [0.15, 0.2) is 34.7 Å². The second-order valence-corrected chi connectivity index (χ2v) is 8.00. The summed E-state index contributed by atoms with van der Waals surface area (Å²) < 4.78 is 5.66. The van der Waals surface area contributed by atoms with Crippen molar-refractivity contribution in [1.29, 1.82) is 0 Å². The third-order valence-electron chi connectivity index (χ3n) is 4.78. The number of carbonyl (C=O) groups excluding carboxylic acids is 1. The minimum absolute atomic E-state index is 0.183. The quantitative estimate of drug-likeness (QED) is 0.645. The van der Waals surface area contributed by atoms with Crippen molar-refractivity contribution in [3.8, 4) is 11.5 Å². The van der Waals surface area contributed by atoms with Crippen molar-refractivity contribution in [3.63, 3.8) is 0 Å². The van der Waals surface area contributed by atoms with Gasteiger partial charge in [-0.2, -0.15) is 0 Å². The lowest BCUT2D eigenvalue weighted by molar-refractivity contribution is 0.0947. The van der Waals surface area contributed by atoms with Crippen LogP contribution < -0.4 is 5.32 Å². The smallest absolute Gasteiger partial charge is 0.273 e. The van der Waals surface area contributed by atoms with Crippen molar-refractivity contribution in [1.82, 2.24) is 15.3 Å². The molecule has 5 nitrogen and oxygen atoms in total. The lowest BCUT2D eigenvalue weighted by Crippen LogP contribution is -2.25. The molecule has 1 N–H and O–H groups in total. The van der Waals surface area contributed by atoms with Crippen molar-refractivity contribution in [2.45, 2.75) is 45.4 Å². The number of hydrogen-bond donors (Lipinski definition) is 1. The maximum absolute atomic E-state index is 12.4. The number of hydrogen-bond acceptors (Lipinski definition) is 5. The van der Waals surface area contributed by atoms with Gasteiger partial charge in [-0.05, 0) is 51.2 Å². The number of oxazole rings is 1. The number of aryl methyl sites for hydroxylation is 4. The van der Waals surface area contributed by atoms with Crippen LogP contribution in [0, 0.1) is 6.92 Å². The number of thiazole rings is 1. The molecule has 0 aliphatic heterocycles. The highest BCUT2D eigenvalue weighted by Crippen LogP contribution is 2.27. The van der Waals surface area contributed by atoms with Gasteiger partial charge < -0.3 is 9.73 Å². The summed E-state index contributed by atoms with van der Waals surface area (Å²) in [5.74, 6) is 0.836. The Kier molecular flexibility index (Phi) is 5.34. The fourth-order valence-electron chi connectivity index (χ4n) is 3.35. The first-order valence-electron chi connectivity index (χ1n) is 9.49. The van der Waals surface area contributed by atoms with Crippen molar-refractivity contribution >= 4 is 17.2 Å². The molecule has 1 amide bonds. The predicted molar refractivity (Wildman–Crippen MR) is 106 cm³/mol. The summed E-state index contributed by atoms with van der Waals surface area (Å²) in [6.45, 7) is 2.38. The zero-order valence-electron chi connectivity index (χ0n) is 15.5. The number of fused-ring (bicyclic) bond motifs is 1. The summed E-state index contributed by atoms with van der Waals surface area (Å²) in [7, 11) is 0. The van der Waals surface area contributed by atoms with E-state index in [1.54, 1.807) is 6.92 Å². The molecule has 0 atom stereocenters. The third-order valence-corrected chi connectivity index (χ3v) is 5.99. The predicted octanol–water partition coefficient (Wildman–Crippen LogP) is 4.35. The zero-order chi connectivity index (χ0) is 18.6. The van der Waals surface area contributed by atoms with Crippen LogP contribution in [0.25, 0.3) is 11.5 Å². The average molecular weight is 382 g/mol. The first-order valence-corrected chi connectivity index (χ1v) is 10.3. The van der Waals surface area contributed by atoms with Crippen LogP contribution in [0.2, 0.25) is 0 Å². The van der Waals surface area contributed by atoms with Gasteiger partial charge in [0, 0.05) is 23.4 Å². The van der Waals surface area contributed by atoms with E-state index in [1.165, 1.54) is 34.8 Å². The van der Waals surface area contributed by atoms with Gasteiger partial charge in [-0.3, -0.25) is 4.79 Å². The molecule has 140 valence electrons. The Morgan fingerprint density at radius 1 is 1.19 bits per heavy atom. The average Bonchev–Trinajstić information content (AvgIpc) is 3.29. The summed E-state index contributed by atoms with van der Waals surface area (Å²) in [6.07, 6.45) is 6.63. The number of carbonyl (C=O) groups is 1. The molecule has 1 aliphatic carbocycles. The molecular formula is C21H23N3O2S. The Bertz CT molecular complexity index is 907. The molecule has 27 heavy (non-hydrogen) atoms. The van der Waals surface area contributed by atoms with E-state index in [1.807, 2.05) is 41.7 Å². The van der Waals surface area contributed by atoms with Gasteiger partial charge in [-0.1, -0.05) is 18.2 Å². The van der Waals surface area contributed by atoms with E-state index < -0.39 is 0 Å². The molecule has 0 unspecified atom stereocenters. The summed E-state index contributed by atoms with van der Waals surface area (Å²) >= 11 is 1.84. The molecule has 3 aromatic rings. The van der Waals surface area contributed by atoms with Crippen LogP contribution in [0.3, 0.4) is 0 Å². The molecule has 2 heterocycles. The van der Waals surface area contributed by atoms with Gasteiger partial charge in [-0.15, -0.1) is 11.3 Å². The van der Waals surface area contributed by atoms with E-state index in [2.05, 4.69) is 10.3 Å². The molecule has 6 heteroatoms. The topological polar surface area (TPSA) is 68.0 Å². The fourth-order valence-corrected chi connectivity index (χ4v) is 4.55. The standard InChI is InChI=1S/C21H23N3O2S/c1-14-19(24-21(26-14)15-8-3-2-4-9-15)20(25)22-13-7-12-18-23-16-10-5-6-11-17(16)27-18/h2-4,8-9H,5-7,10-13H2,1H3,(H,22,25). The van der Waals surface area contributed by atoms with E-state index in [0.717, 1.165) is 24.8 Å². The normalized spacial score (nSPS) is 13.4. The van der Waals surface area contributed by atoms with Crippen LogP contribution >= 0.6 is 11.3 Å². The fraction of sp³-hybridized carbons (Fsp3) is 0.381. The molecule has 2 aromatic heterocycles. The van der Waals surface area contributed by atoms with Gasteiger partial charge in [0.2, 0.25) is 5.89 Å². The van der Waals surface area contributed by atoms with E-state index in [0.29, 0.717) is 23.9 Å². The minimum atomic E-state index is -0.183. The molecule has 0 fully saturated rings. The Morgan fingerprint density at radius 2 is 2.00 bits per heavy atom. The number of nitrogens with zero attached hydrogens (tertiary/aromatic N) is 2. The maximum atomic E-state index is 12.4. The van der Waals surface area contributed by atoms with E-state index >= 15 is 0 Å². The number of nitrogens with one attached hydrogen (secondary N) is 1. The second kappa shape index (κ2) is 8.05. The summed E-state index contributed by atoms with van der Waals surface area (Å²) in [5.41, 5.74) is 2.53. The molecule has 1 aliphatic rings. The molecule has 0 saturated heterocycles. The van der Waals surface area contributed by atoms with Crippen molar-refractivity contribution < 1.29 is 9.21 Å². The van der Waals surface area contributed by atoms with Gasteiger partial charge >= 0.3 is 0 Å². The lowest BCUT2D eigenvalue weighted by Gasteiger charge is -2.06. The molecular weight excluding hydrogens is 358 g/mol. The number of amides is 1. The molecule has 0 bridgehead atoms. The minimum Gasteiger partial charge on any atom is -0.441 e. The monoisotopic (exact) mass is 381 g/mol. The van der Waals surface area contributed by atoms with Crippen molar-refractivity contribution in [3.05, 3.63) is 57.4 Å². The molecule has 1 aromatic carbocycles. The van der Waals surface area contributed by atoms with Crippen LogP contribution in [0.1, 0.15) is 51.1 Å². The highest BCUT2D eigenvalue weighted by Gasteiger charge is 2.18. The first kappa shape index (κ1) is 17.9. The summed E-state index contributed by atoms with van der Waals surface area (Å²) in [5, 5.41) is 4.15. The van der Waals surface area contributed by atoms with Gasteiger partial charge in [0.15, 0.2) is 5.69 Å². The Hall–Kier alpha value is -2.47. The SMILES string of the molecule is Cc1oc(-c2ccccc2)nc1C(=O)NCCCc1nc2c(s1)CCCC2. The van der Waals surface area contributed by atoms with Crippen molar-refractivity contribution in [2.24, 2.45) is 0 Å². The first-order chi connectivity index (χ1) is 13.2. The summed E-state index contributed by atoms with van der Waals surface area (Å²) in [4.78, 5) is 23.0. The van der Waals surface area contributed by atoms with Crippen LogP contribution in [0.4, 0.5) is 0 Å². The van der Waals surface area contributed by atoms with E-state index in [-0.39, 0.29) is 5.91 Å². The molecule has 4 rings (SSSR count). The number of benzene rings is 1. The Labute approximate surface area is 162 Å². The second-order valence-electron chi connectivity index (χ2n) is 6.83. The highest BCUT2D eigenvalue weighted by atomic mass is 32.1. The van der Waals surface area contributed by atoms with E-state index in [9.17, 15) is 4.79 Å².